The number of amides is 1. The van der Waals surface area contributed by atoms with Crippen LogP contribution in [-0.2, 0) is 9.53 Å². The summed E-state index contributed by atoms with van der Waals surface area (Å²) in [6.07, 6.45) is 4.16. The Morgan fingerprint density at radius 3 is 2.61 bits per heavy atom. The van der Waals surface area contributed by atoms with Crippen LogP contribution < -0.4 is 5.73 Å². The van der Waals surface area contributed by atoms with Crippen LogP contribution in [0.1, 0.15) is 39.5 Å². The van der Waals surface area contributed by atoms with Crippen LogP contribution in [0.3, 0.4) is 0 Å². The van der Waals surface area contributed by atoms with Gasteiger partial charge in [0, 0.05) is 13.1 Å². The Labute approximate surface area is 110 Å². The molecule has 0 aromatic heterocycles. The van der Waals surface area contributed by atoms with Crippen LogP contribution >= 0.6 is 0 Å². The minimum atomic E-state index is -0.294. The standard InChI is InChI=1S/C14H26N2O2/c1-11-3-5-14(10-15,6-4-11)13(17)16-7-8-18-9-12(16)2/h11-12H,3-10,15H2,1-2H3/t11?,12-,14?/m1/s1. The van der Waals surface area contributed by atoms with Gasteiger partial charge in [-0.05, 0) is 38.5 Å². The van der Waals surface area contributed by atoms with Crippen LogP contribution in [0.15, 0.2) is 0 Å². The third-order valence-electron chi connectivity index (χ3n) is 4.70. The Kier molecular flexibility index (Phi) is 4.28. The smallest absolute Gasteiger partial charge is 0.230 e. The Morgan fingerprint density at radius 2 is 2.06 bits per heavy atom. The maximum atomic E-state index is 12.8. The van der Waals surface area contributed by atoms with E-state index in [-0.39, 0.29) is 17.4 Å². The number of carbonyl (C=O) groups is 1. The lowest BCUT2D eigenvalue weighted by atomic mass is 9.69. The van der Waals surface area contributed by atoms with Gasteiger partial charge in [0.2, 0.25) is 5.91 Å². The van der Waals surface area contributed by atoms with Crippen LogP contribution in [0.4, 0.5) is 0 Å². The summed E-state index contributed by atoms with van der Waals surface area (Å²) < 4.78 is 5.41. The molecule has 4 nitrogen and oxygen atoms in total. The van der Waals surface area contributed by atoms with Crippen molar-refractivity contribution in [3.05, 3.63) is 0 Å². The Morgan fingerprint density at radius 1 is 1.39 bits per heavy atom. The van der Waals surface area contributed by atoms with Gasteiger partial charge in [0.15, 0.2) is 0 Å². The molecular formula is C14H26N2O2. The lowest BCUT2D eigenvalue weighted by Gasteiger charge is -2.44. The molecule has 1 aliphatic carbocycles. The molecule has 1 saturated heterocycles. The van der Waals surface area contributed by atoms with Gasteiger partial charge in [-0.3, -0.25) is 4.79 Å². The molecule has 0 unspecified atom stereocenters. The van der Waals surface area contributed by atoms with Gasteiger partial charge < -0.3 is 15.4 Å². The summed E-state index contributed by atoms with van der Waals surface area (Å²) in [6.45, 7) is 6.85. The van der Waals surface area contributed by atoms with Crippen molar-refractivity contribution in [2.75, 3.05) is 26.3 Å². The first kappa shape index (κ1) is 13.8. The molecule has 1 heterocycles. The number of rotatable bonds is 2. The number of morpholine rings is 1. The fourth-order valence-electron chi connectivity index (χ4n) is 3.15. The van der Waals surface area contributed by atoms with E-state index in [1.807, 2.05) is 4.90 Å². The van der Waals surface area contributed by atoms with Crippen molar-refractivity contribution >= 4 is 5.91 Å². The number of hydrogen-bond acceptors (Lipinski definition) is 3. The number of ether oxygens (including phenoxy) is 1. The first-order valence-corrected chi connectivity index (χ1v) is 7.18. The predicted molar refractivity (Wildman–Crippen MR) is 71.1 cm³/mol. The summed E-state index contributed by atoms with van der Waals surface area (Å²) in [7, 11) is 0. The Balaban J connectivity index is 2.09. The molecule has 2 fully saturated rings. The molecular weight excluding hydrogens is 228 g/mol. The van der Waals surface area contributed by atoms with Gasteiger partial charge in [-0.25, -0.2) is 0 Å². The van der Waals surface area contributed by atoms with E-state index in [0.717, 1.165) is 38.1 Å². The minimum absolute atomic E-state index is 0.189. The van der Waals surface area contributed by atoms with E-state index in [1.54, 1.807) is 0 Å². The largest absolute Gasteiger partial charge is 0.377 e. The van der Waals surface area contributed by atoms with E-state index < -0.39 is 0 Å². The van der Waals surface area contributed by atoms with Crippen LogP contribution in [0, 0.1) is 11.3 Å². The van der Waals surface area contributed by atoms with Crippen molar-refractivity contribution in [1.82, 2.24) is 4.90 Å². The third kappa shape index (κ3) is 2.54. The molecule has 2 N–H and O–H groups in total. The first-order valence-electron chi connectivity index (χ1n) is 7.18. The van der Waals surface area contributed by atoms with Crippen molar-refractivity contribution in [3.63, 3.8) is 0 Å². The summed E-state index contributed by atoms with van der Waals surface area (Å²) >= 11 is 0. The second kappa shape index (κ2) is 5.57. The lowest BCUT2D eigenvalue weighted by molar-refractivity contribution is -0.152. The summed E-state index contributed by atoms with van der Waals surface area (Å²) in [4.78, 5) is 14.8. The van der Waals surface area contributed by atoms with Crippen molar-refractivity contribution in [1.29, 1.82) is 0 Å². The zero-order chi connectivity index (χ0) is 13.2. The van der Waals surface area contributed by atoms with E-state index in [9.17, 15) is 4.79 Å². The highest BCUT2D eigenvalue weighted by atomic mass is 16.5. The van der Waals surface area contributed by atoms with Gasteiger partial charge in [0.25, 0.3) is 0 Å². The molecule has 4 heteroatoms. The molecule has 104 valence electrons. The van der Waals surface area contributed by atoms with E-state index >= 15 is 0 Å². The monoisotopic (exact) mass is 254 g/mol. The van der Waals surface area contributed by atoms with Gasteiger partial charge >= 0.3 is 0 Å². The summed E-state index contributed by atoms with van der Waals surface area (Å²) in [6, 6.07) is 0.189. The van der Waals surface area contributed by atoms with Crippen molar-refractivity contribution in [2.45, 2.75) is 45.6 Å². The average molecular weight is 254 g/mol. The Bertz CT molecular complexity index is 298. The van der Waals surface area contributed by atoms with E-state index in [4.69, 9.17) is 10.5 Å². The highest BCUT2D eigenvalue weighted by Gasteiger charge is 2.43. The van der Waals surface area contributed by atoms with Gasteiger partial charge in [0.05, 0.1) is 24.7 Å². The van der Waals surface area contributed by atoms with Gasteiger partial charge in [-0.15, -0.1) is 0 Å². The third-order valence-corrected chi connectivity index (χ3v) is 4.70. The number of nitrogens with zero attached hydrogens (tertiary/aromatic N) is 1. The zero-order valence-electron chi connectivity index (χ0n) is 11.7. The zero-order valence-corrected chi connectivity index (χ0v) is 11.7. The second-order valence-electron chi connectivity index (χ2n) is 6.09. The Hall–Kier alpha value is -0.610. The number of carbonyl (C=O) groups excluding carboxylic acids is 1. The molecule has 1 aliphatic heterocycles. The summed E-state index contributed by atoms with van der Waals surface area (Å²) in [5.41, 5.74) is 5.66. The van der Waals surface area contributed by atoms with Gasteiger partial charge in [-0.1, -0.05) is 6.92 Å². The fraction of sp³-hybridized carbons (Fsp3) is 0.929. The fourth-order valence-corrected chi connectivity index (χ4v) is 3.15. The normalized spacial score (nSPS) is 37.6. The molecule has 0 radical (unpaired) electrons. The lowest BCUT2D eigenvalue weighted by Crippen LogP contribution is -2.56. The quantitative estimate of drug-likeness (QED) is 0.810. The second-order valence-corrected chi connectivity index (χ2v) is 6.09. The minimum Gasteiger partial charge on any atom is -0.377 e. The molecule has 0 aromatic carbocycles. The van der Waals surface area contributed by atoms with Crippen molar-refractivity contribution in [3.8, 4) is 0 Å². The maximum Gasteiger partial charge on any atom is 0.230 e. The molecule has 18 heavy (non-hydrogen) atoms. The molecule has 1 saturated carbocycles. The van der Waals surface area contributed by atoms with Crippen LogP contribution in [0.25, 0.3) is 0 Å². The molecule has 1 atom stereocenters. The van der Waals surface area contributed by atoms with E-state index in [0.29, 0.717) is 19.8 Å². The highest BCUT2D eigenvalue weighted by Crippen LogP contribution is 2.40. The van der Waals surface area contributed by atoms with Gasteiger partial charge in [0.1, 0.15) is 0 Å². The molecule has 2 aliphatic rings. The van der Waals surface area contributed by atoms with Crippen molar-refractivity contribution in [2.24, 2.45) is 17.1 Å². The molecule has 0 bridgehead atoms. The first-order chi connectivity index (χ1) is 8.59. The predicted octanol–water partition coefficient (Wildman–Crippen LogP) is 1.39. The topological polar surface area (TPSA) is 55.6 Å². The van der Waals surface area contributed by atoms with Crippen LogP contribution in [-0.4, -0.2) is 43.2 Å². The van der Waals surface area contributed by atoms with Gasteiger partial charge in [-0.2, -0.15) is 0 Å². The molecule has 0 aromatic rings. The van der Waals surface area contributed by atoms with Crippen LogP contribution in [0.2, 0.25) is 0 Å². The summed E-state index contributed by atoms with van der Waals surface area (Å²) in [5.74, 6) is 1.01. The van der Waals surface area contributed by atoms with Crippen LogP contribution in [0.5, 0.6) is 0 Å². The molecule has 0 spiro atoms. The van der Waals surface area contributed by atoms with Crippen molar-refractivity contribution < 1.29 is 9.53 Å². The highest BCUT2D eigenvalue weighted by molar-refractivity contribution is 5.83. The SMILES string of the molecule is CC1CCC(CN)(C(=O)N2CCOC[C@H]2C)CC1. The number of hydrogen-bond donors (Lipinski definition) is 1. The summed E-state index contributed by atoms with van der Waals surface area (Å²) in [5, 5.41) is 0. The maximum absolute atomic E-state index is 12.8. The average Bonchev–Trinajstić information content (AvgIpc) is 2.40. The molecule has 2 rings (SSSR count). The number of nitrogens with two attached hydrogens (primary N) is 1. The van der Waals surface area contributed by atoms with E-state index in [2.05, 4.69) is 13.8 Å². The van der Waals surface area contributed by atoms with E-state index in [1.165, 1.54) is 0 Å². The molecule has 1 amide bonds.